The minimum Gasteiger partial charge on any atom is -0.0654 e. The van der Waals surface area contributed by atoms with Gasteiger partial charge in [-0.2, -0.15) is 0 Å². The number of hydrogen-bond acceptors (Lipinski definition) is 0. The normalized spacial score (nSPS) is 7.00. The van der Waals surface area contributed by atoms with Crippen molar-refractivity contribution in [2.75, 3.05) is 0 Å². The van der Waals surface area contributed by atoms with Crippen LogP contribution >= 0.6 is 0 Å². The van der Waals surface area contributed by atoms with E-state index in [9.17, 15) is 0 Å². The monoisotopic (exact) mass is 135 g/mol. The number of unbranched alkanes of at least 4 members (excludes halogenated alkanes) is 2. The average molecular weight is 136 g/mol. The van der Waals surface area contributed by atoms with Crippen molar-refractivity contribution in [3.63, 3.8) is 0 Å². The Morgan fingerprint density at radius 2 is 1.33 bits per heavy atom. The molecule has 0 aromatic heterocycles. The summed E-state index contributed by atoms with van der Waals surface area (Å²) in [5.41, 5.74) is 0. The zero-order valence-electron chi connectivity index (χ0n) is 4.42. The third-order valence-corrected chi connectivity index (χ3v) is 0.707. The third-order valence-electron chi connectivity index (χ3n) is 0.707. The molecule has 0 fully saturated rings. The van der Waals surface area contributed by atoms with Gasteiger partial charge >= 0.3 is 17.1 Å². The SMILES string of the molecule is CCCCC.[Cu+2]. The Morgan fingerprint density at radius 1 is 1.00 bits per heavy atom. The summed E-state index contributed by atoms with van der Waals surface area (Å²) in [6.07, 6.45) is 4.08. The zero-order valence-corrected chi connectivity index (χ0v) is 5.36. The number of rotatable bonds is 2. The molecule has 0 N–H and O–H groups in total. The minimum absolute atomic E-state index is 0. The maximum atomic E-state index is 2.21. The van der Waals surface area contributed by atoms with Crippen LogP contribution in [0, 0.1) is 0 Å². The fraction of sp³-hybridized carbons (Fsp3) is 1.00. The summed E-state index contributed by atoms with van der Waals surface area (Å²) in [5, 5.41) is 0. The first-order chi connectivity index (χ1) is 2.41. The molecule has 0 unspecified atom stereocenters. The van der Waals surface area contributed by atoms with E-state index in [4.69, 9.17) is 0 Å². The quantitative estimate of drug-likeness (QED) is 0.510. The van der Waals surface area contributed by atoms with Crippen LogP contribution in [0.3, 0.4) is 0 Å². The van der Waals surface area contributed by atoms with Gasteiger partial charge in [0.05, 0.1) is 0 Å². The first-order valence-electron chi connectivity index (χ1n) is 2.41. The molecule has 0 aliphatic rings. The van der Waals surface area contributed by atoms with Crippen molar-refractivity contribution in [1.82, 2.24) is 0 Å². The molecule has 0 aromatic carbocycles. The second kappa shape index (κ2) is 9.10. The summed E-state index contributed by atoms with van der Waals surface area (Å²) in [6.45, 7) is 4.42. The molecule has 0 aromatic rings. The molecule has 1 radical (unpaired) electrons. The maximum absolute atomic E-state index is 2.21. The predicted octanol–water partition coefficient (Wildman–Crippen LogP) is 2.19. The van der Waals surface area contributed by atoms with E-state index in [1.807, 2.05) is 0 Å². The topological polar surface area (TPSA) is 0 Å². The molecule has 1 heteroatoms. The van der Waals surface area contributed by atoms with Crippen LogP contribution in [0.4, 0.5) is 0 Å². The van der Waals surface area contributed by atoms with Gasteiger partial charge in [-0.3, -0.25) is 0 Å². The van der Waals surface area contributed by atoms with Gasteiger partial charge in [-0.05, 0) is 0 Å². The Hall–Kier alpha value is 0.519. The molecule has 41 valence electrons. The van der Waals surface area contributed by atoms with Crippen molar-refractivity contribution in [1.29, 1.82) is 0 Å². The summed E-state index contributed by atoms with van der Waals surface area (Å²) in [7, 11) is 0. The molecule has 0 bridgehead atoms. The fourth-order valence-electron chi connectivity index (χ4n) is 0.354. The second-order valence-electron chi connectivity index (χ2n) is 1.35. The Kier molecular flexibility index (Phi) is 14.8. The minimum atomic E-state index is 0. The molecule has 0 saturated carbocycles. The van der Waals surface area contributed by atoms with Crippen LogP contribution in [0.25, 0.3) is 0 Å². The molecule has 0 amide bonds. The van der Waals surface area contributed by atoms with Gasteiger partial charge in [0.15, 0.2) is 0 Å². The molecule has 6 heavy (non-hydrogen) atoms. The van der Waals surface area contributed by atoms with Crippen molar-refractivity contribution in [2.45, 2.75) is 33.1 Å². The first kappa shape index (κ1) is 9.72. The first-order valence-corrected chi connectivity index (χ1v) is 2.41. The molecule has 0 saturated heterocycles. The van der Waals surface area contributed by atoms with Gasteiger partial charge < -0.3 is 0 Å². The molecule has 0 nitrogen and oxygen atoms in total. The van der Waals surface area contributed by atoms with Crippen molar-refractivity contribution in [3.8, 4) is 0 Å². The molecule has 0 aliphatic heterocycles. The van der Waals surface area contributed by atoms with Gasteiger partial charge in [0, 0.05) is 0 Å². The Morgan fingerprint density at radius 3 is 1.33 bits per heavy atom. The largest absolute Gasteiger partial charge is 2.00 e. The van der Waals surface area contributed by atoms with Gasteiger partial charge in [-0.1, -0.05) is 33.1 Å². The van der Waals surface area contributed by atoms with Crippen molar-refractivity contribution >= 4 is 0 Å². The summed E-state index contributed by atoms with van der Waals surface area (Å²) in [4.78, 5) is 0. The summed E-state index contributed by atoms with van der Waals surface area (Å²) in [5.74, 6) is 0. The van der Waals surface area contributed by atoms with Gasteiger partial charge in [-0.25, -0.2) is 0 Å². The average Bonchev–Trinajstić information content (AvgIpc) is 1.41. The van der Waals surface area contributed by atoms with E-state index in [1.165, 1.54) is 19.3 Å². The van der Waals surface area contributed by atoms with E-state index in [0.29, 0.717) is 0 Å². The van der Waals surface area contributed by atoms with E-state index < -0.39 is 0 Å². The smallest absolute Gasteiger partial charge is 0.0654 e. The van der Waals surface area contributed by atoms with Crippen molar-refractivity contribution < 1.29 is 17.1 Å². The molecule has 0 spiro atoms. The fourth-order valence-corrected chi connectivity index (χ4v) is 0.354. The van der Waals surface area contributed by atoms with Gasteiger partial charge in [-0.15, -0.1) is 0 Å². The standard InChI is InChI=1S/C5H12.Cu/c1-3-5-4-2;/h3-5H2,1-2H3;/q;+2. The van der Waals surface area contributed by atoms with E-state index in [-0.39, 0.29) is 17.1 Å². The molecule has 0 rings (SSSR count). The Balaban J connectivity index is 0. The molecular weight excluding hydrogens is 124 g/mol. The van der Waals surface area contributed by atoms with Crippen LogP contribution in [0.2, 0.25) is 0 Å². The third kappa shape index (κ3) is 8.82. The van der Waals surface area contributed by atoms with E-state index in [0.717, 1.165) is 0 Å². The molecule has 0 atom stereocenters. The van der Waals surface area contributed by atoms with Crippen LogP contribution in [0.15, 0.2) is 0 Å². The van der Waals surface area contributed by atoms with Gasteiger partial charge in [0.2, 0.25) is 0 Å². The summed E-state index contributed by atoms with van der Waals surface area (Å²) < 4.78 is 0. The summed E-state index contributed by atoms with van der Waals surface area (Å²) in [6, 6.07) is 0. The second-order valence-corrected chi connectivity index (χ2v) is 1.35. The van der Waals surface area contributed by atoms with Gasteiger partial charge in [0.1, 0.15) is 0 Å². The molecular formula is C5H12Cu+2. The van der Waals surface area contributed by atoms with Crippen LogP contribution in [0.5, 0.6) is 0 Å². The van der Waals surface area contributed by atoms with Crippen LogP contribution < -0.4 is 0 Å². The number of hydrogen-bond donors (Lipinski definition) is 0. The summed E-state index contributed by atoms with van der Waals surface area (Å²) >= 11 is 0. The van der Waals surface area contributed by atoms with E-state index >= 15 is 0 Å². The van der Waals surface area contributed by atoms with Crippen molar-refractivity contribution in [3.05, 3.63) is 0 Å². The van der Waals surface area contributed by atoms with Crippen LogP contribution in [0.1, 0.15) is 33.1 Å². The Labute approximate surface area is 50.8 Å². The van der Waals surface area contributed by atoms with Crippen molar-refractivity contribution in [2.24, 2.45) is 0 Å². The maximum Gasteiger partial charge on any atom is 2.00 e. The molecule has 0 aliphatic carbocycles. The van der Waals surface area contributed by atoms with Crippen LogP contribution in [-0.4, -0.2) is 0 Å². The zero-order chi connectivity index (χ0) is 4.12. The predicted molar refractivity (Wildman–Crippen MR) is 25.2 cm³/mol. The van der Waals surface area contributed by atoms with E-state index in [1.54, 1.807) is 0 Å². The molecule has 0 heterocycles. The van der Waals surface area contributed by atoms with Crippen LogP contribution in [-0.2, 0) is 17.1 Å². The van der Waals surface area contributed by atoms with E-state index in [2.05, 4.69) is 13.8 Å². The Bertz CT molecular complexity index is 11.4. The van der Waals surface area contributed by atoms with Gasteiger partial charge in [0.25, 0.3) is 0 Å².